The Bertz CT molecular complexity index is 218. The van der Waals surface area contributed by atoms with Gasteiger partial charge >= 0.3 is 0 Å². The predicted molar refractivity (Wildman–Crippen MR) is 60.8 cm³/mol. The van der Waals surface area contributed by atoms with Gasteiger partial charge in [-0.2, -0.15) is 0 Å². The van der Waals surface area contributed by atoms with Crippen molar-refractivity contribution >= 4 is 11.6 Å². The Labute approximate surface area is 96.7 Å². The van der Waals surface area contributed by atoms with Crippen LogP contribution in [0.4, 0.5) is 0 Å². The molecule has 1 N–H and O–H groups in total. The van der Waals surface area contributed by atoms with Gasteiger partial charge in [-0.15, -0.1) is 11.6 Å². The van der Waals surface area contributed by atoms with Gasteiger partial charge in [0.2, 0.25) is 0 Å². The van der Waals surface area contributed by atoms with E-state index in [2.05, 4.69) is 11.8 Å². The van der Waals surface area contributed by atoms with Gasteiger partial charge in [0.25, 0.3) is 0 Å². The first-order valence-corrected chi connectivity index (χ1v) is 5.57. The predicted octanol–water partition coefficient (Wildman–Crippen LogP) is 1.77. The summed E-state index contributed by atoms with van der Waals surface area (Å²) < 4.78 is 10.5. The van der Waals surface area contributed by atoms with Crippen molar-refractivity contribution < 1.29 is 14.6 Å². The lowest BCUT2D eigenvalue weighted by Crippen LogP contribution is -2.23. The number of hydrogen-bond acceptors (Lipinski definition) is 3. The highest BCUT2D eigenvalue weighted by molar-refractivity contribution is 6.18. The summed E-state index contributed by atoms with van der Waals surface area (Å²) in [5.74, 6) is 5.58. The van der Waals surface area contributed by atoms with E-state index in [4.69, 9.17) is 21.1 Å². The van der Waals surface area contributed by atoms with Gasteiger partial charge in [0.05, 0.1) is 12.5 Å². The highest BCUT2D eigenvalue weighted by Gasteiger charge is 2.13. The molecule has 0 aliphatic rings. The van der Waals surface area contributed by atoms with Crippen molar-refractivity contribution in [1.29, 1.82) is 0 Å². The third kappa shape index (κ3) is 8.71. The lowest BCUT2D eigenvalue weighted by atomic mass is 10.1. The zero-order valence-corrected chi connectivity index (χ0v) is 10.3. The van der Waals surface area contributed by atoms with Crippen LogP contribution in [0.2, 0.25) is 0 Å². The number of ether oxygens (including phenoxy) is 2. The van der Waals surface area contributed by atoms with Crippen molar-refractivity contribution in [1.82, 2.24) is 0 Å². The Morgan fingerprint density at radius 3 is 2.67 bits per heavy atom. The lowest BCUT2D eigenvalue weighted by molar-refractivity contribution is -0.125. The number of aliphatic hydroxyl groups is 1. The summed E-state index contributed by atoms with van der Waals surface area (Å²) in [6, 6.07) is 0. The fourth-order valence-corrected chi connectivity index (χ4v) is 0.912. The number of alkyl halides is 1. The van der Waals surface area contributed by atoms with Crippen molar-refractivity contribution in [2.24, 2.45) is 0 Å². The molecule has 3 nitrogen and oxygen atoms in total. The average Bonchev–Trinajstić information content (AvgIpc) is 2.17. The van der Waals surface area contributed by atoms with Gasteiger partial charge in [0.1, 0.15) is 5.60 Å². The quantitative estimate of drug-likeness (QED) is 0.330. The summed E-state index contributed by atoms with van der Waals surface area (Å²) in [4.78, 5) is 0. The fourth-order valence-electron chi connectivity index (χ4n) is 0.845. The van der Waals surface area contributed by atoms with Gasteiger partial charge in [-0.25, -0.2) is 0 Å². The zero-order valence-electron chi connectivity index (χ0n) is 9.55. The maximum atomic E-state index is 9.44. The van der Waals surface area contributed by atoms with Gasteiger partial charge < -0.3 is 14.6 Å². The third-order valence-corrected chi connectivity index (χ3v) is 2.12. The molecule has 0 rings (SSSR count). The molecule has 0 amide bonds. The van der Waals surface area contributed by atoms with Crippen LogP contribution >= 0.6 is 11.6 Å². The first kappa shape index (κ1) is 14.7. The molecule has 0 saturated heterocycles. The first-order valence-electron chi connectivity index (χ1n) is 5.03. The maximum Gasteiger partial charge on any atom is 0.154 e. The van der Waals surface area contributed by atoms with Crippen LogP contribution in [0.25, 0.3) is 0 Å². The molecule has 0 heterocycles. The third-order valence-electron chi connectivity index (χ3n) is 1.60. The van der Waals surface area contributed by atoms with E-state index in [1.807, 2.05) is 13.8 Å². The van der Waals surface area contributed by atoms with Gasteiger partial charge in [-0.1, -0.05) is 11.8 Å². The van der Waals surface area contributed by atoms with Crippen LogP contribution in [-0.4, -0.2) is 36.1 Å². The molecule has 0 aromatic carbocycles. The van der Waals surface area contributed by atoms with Gasteiger partial charge in [0.15, 0.2) is 6.29 Å². The smallest absolute Gasteiger partial charge is 0.154 e. The van der Waals surface area contributed by atoms with Gasteiger partial charge in [-0.3, -0.25) is 0 Å². The summed E-state index contributed by atoms with van der Waals surface area (Å²) >= 11 is 5.49. The molecule has 2 atom stereocenters. The van der Waals surface area contributed by atoms with Crippen molar-refractivity contribution in [2.45, 2.75) is 39.1 Å². The Morgan fingerprint density at radius 2 is 2.13 bits per heavy atom. The SMILES string of the molecule is CCOC(C)OCCC#CC(C)(O)CCl. The topological polar surface area (TPSA) is 38.7 Å². The molecule has 0 bridgehead atoms. The second-order valence-corrected chi connectivity index (χ2v) is 3.62. The summed E-state index contributed by atoms with van der Waals surface area (Å²) in [6.07, 6.45) is 0.357. The molecule has 4 heteroatoms. The number of halogens is 1. The molecule has 15 heavy (non-hydrogen) atoms. The van der Waals surface area contributed by atoms with E-state index in [9.17, 15) is 5.11 Å². The molecule has 0 aliphatic heterocycles. The van der Waals surface area contributed by atoms with Crippen LogP contribution in [0.1, 0.15) is 27.2 Å². The molecule has 0 aliphatic carbocycles. The van der Waals surface area contributed by atoms with Crippen molar-refractivity contribution in [3.8, 4) is 11.8 Å². The molecule has 0 saturated carbocycles. The van der Waals surface area contributed by atoms with Crippen LogP contribution in [-0.2, 0) is 9.47 Å². The first-order chi connectivity index (χ1) is 7.02. The summed E-state index contributed by atoms with van der Waals surface area (Å²) in [5.41, 5.74) is -1.10. The van der Waals surface area contributed by atoms with Crippen molar-refractivity contribution in [3.63, 3.8) is 0 Å². The maximum absolute atomic E-state index is 9.44. The Hall–Kier alpha value is -0.270. The van der Waals surface area contributed by atoms with E-state index >= 15 is 0 Å². The van der Waals surface area contributed by atoms with Crippen molar-refractivity contribution in [3.05, 3.63) is 0 Å². The Balaban J connectivity index is 3.61. The van der Waals surface area contributed by atoms with Gasteiger partial charge in [0, 0.05) is 13.0 Å². The Morgan fingerprint density at radius 1 is 1.47 bits per heavy atom. The molecule has 2 unspecified atom stereocenters. The van der Waals surface area contributed by atoms with E-state index in [1.165, 1.54) is 0 Å². The van der Waals surface area contributed by atoms with E-state index < -0.39 is 5.60 Å². The minimum Gasteiger partial charge on any atom is -0.377 e. The van der Waals surface area contributed by atoms with Crippen LogP contribution < -0.4 is 0 Å². The van der Waals surface area contributed by atoms with Crippen LogP contribution in [0, 0.1) is 11.8 Å². The van der Waals surface area contributed by atoms with Crippen molar-refractivity contribution in [2.75, 3.05) is 19.1 Å². The highest BCUT2D eigenvalue weighted by atomic mass is 35.5. The van der Waals surface area contributed by atoms with E-state index in [-0.39, 0.29) is 12.2 Å². The monoisotopic (exact) mass is 234 g/mol. The Kier molecular flexibility index (Phi) is 7.81. The standard InChI is InChI=1S/C11H19ClO3/c1-4-14-10(2)15-8-6-5-7-11(3,13)9-12/h10,13H,4,6,8-9H2,1-3H3. The summed E-state index contributed by atoms with van der Waals surface area (Å²) in [6.45, 7) is 6.46. The highest BCUT2D eigenvalue weighted by Crippen LogP contribution is 2.03. The molecule has 0 radical (unpaired) electrons. The van der Waals surface area contributed by atoms with Gasteiger partial charge in [-0.05, 0) is 20.8 Å². The van der Waals surface area contributed by atoms with Crippen LogP contribution in [0.3, 0.4) is 0 Å². The molecule has 0 spiro atoms. The zero-order chi connectivity index (χ0) is 11.7. The molecule has 88 valence electrons. The largest absolute Gasteiger partial charge is 0.377 e. The molecular formula is C11H19ClO3. The summed E-state index contributed by atoms with van der Waals surface area (Å²) in [5, 5.41) is 9.44. The molecule has 0 aromatic rings. The second kappa shape index (κ2) is 7.95. The van der Waals surface area contributed by atoms with E-state index in [1.54, 1.807) is 6.92 Å². The normalized spacial score (nSPS) is 16.3. The second-order valence-electron chi connectivity index (χ2n) is 3.35. The summed E-state index contributed by atoms with van der Waals surface area (Å²) in [7, 11) is 0. The number of rotatable bonds is 6. The minimum atomic E-state index is -1.10. The number of hydrogen-bond donors (Lipinski definition) is 1. The van der Waals surface area contributed by atoms with Crippen LogP contribution in [0.15, 0.2) is 0 Å². The minimum absolute atomic E-state index is 0.107. The fraction of sp³-hybridized carbons (Fsp3) is 0.818. The lowest BCUT2D eigenvalue weighted by Gasteiger charge is -2.12. The molecular weight excluding hydrogens is 216 g/mol. The van der Waals surface area contributed by atoms with E-state index in [0.29, 0.717) is 19.6 Å². The molecule has 0 aromatic heterocycles. The van der Waals surface area contributed by atoms with Crippen LogP contribution in [0.5, 0.6) is 0 Å². The average molecular weight is 235 g/mol. The van der Waals surface area contributed by atoms with E-state index in [0.717, 1.165) is 0 Å². The molecule has 0 fully saturated rings.